The highest BCUT2D eigenvalue weighted by Crippen LogP contribution is 2.11. The van der Waals surface area contributed by atoms with Crippen LogP contribution in [0.25, 0.3) is 0 Å². The van der Waals surface area contributed by atoms with Gasteiger partial charge in [-0.1, -0.05) is 0 Å². The van der Waals surface area contributed by atoms with E-state index in [9.17, 15) is 9.59 Å². The van der Waals surface area contributed by atoms with Crippen LogP contribution in [0.2, 0.25) is 0 Å². The summed E-state index contributed by atoms with van der Waals surface area (Å²) in [6, 6.07) is -0.691. The van der Waals surface area contributed by atoms with E-state index in [0.717, 1.165) is 0 Å². The molecule has 0 aromatic carbocycles. The summed E-state index contributed by atoms with van der Waals surface area (Å²) < 4.78 is 5.21. The maximum atomic E-state index is 11.6. The van der Waals surface area contributed by atoms with Crippen molar-refractivity contribution < 1.29 is 14.3 Å². The van der Waals surface area contributed by atoms with Crippen LogP contribution in [0.1, 0.15) is 20.8 Å². The first-order valence-corrected chi connectivity index (χ1v) is 5.28. The maximum Gasteiger partial charge on any atom is 0.410 e. The highest BCUT2D eigenvalue weighted by atomic mass is 16.6. The third-order valence-electron chi connectivity index (χ3n) is 2.22. The number of piperazine rings is 1. The minimum atomic E-state index is -0.691. The first kappa shape index (κ1) is 12.6. The van der Waals surface area contributed by atoms with E-state index in [2.05, 4.69) is 0 Å². The summed E-state index contributed by atoms with van der Waals surface area (Å²) >= 11 is 0. The average Bonchev–Trinajstić information content (AvgIpc) is 2.15. The van der Waals surface area contributed by atoms with E-state index in [0.29, 0.717) is 26.2 Å². The van der Waals surface area contributed by atoms with E-state index in [4.69, 9.17) is 10.5 Å². The molecule has 0 atom stereocenters. The van der Waals surface area contributed by atoms with Crippen molar-refractivity contribution in [2.45, 2.75) is 26.4 Å². The second-order valence-electron chi connectivity index (χ2n) is 4.76. The third kappa shape index (κ3) is 3.60. The Kier molecular flexibility index (Phi) is 3.62. The van der Waals surface area contributed by atoms with Crippen LogP contribution in [0.3, 0.4) is 0 Å². The van der Waals surface area contributed by atoms with Crippen LogP contribution in [0.5, 0.6) is 0 Å². The molecule has 1 N–H and O–H groups in total. The summed E-state index contributed by atoms with van der Waals surface area (Å²) in [5, 5.41) is 0. The molecule has 1 radical (unpaired) electrons. The predicted molar refractivity (Wildman–Crippen MR) is 57.9 cm³/mol. The largest absolute Gasteiger partial charge is 0.444 e. The van der Waals surface area contributed by atoms with Gasteiger partial charge in [0.15, 0.2) is 0 Å². The quantitative estimate of drug-likeness (QED) is 0.619. The Balaban J connectivity index is 2.42. The first-order valence-electron chi connectivity index (χ1n) is 5.28. The average molecular weight is 228 g/mol. The van der Waals surface area contributed by atoms with Crippen LogP contribution in [0, 0.1) is 0 Å². The Morgan fingerprint density at radius 2 is 1.50 bits per heavy atom. The molecule has 0 aliphatic carbocycles. The van der Waals surface area contributed by atoms with Gasteiger partial charge in [-0.25, -0.2) is 15.3 Å². The molecular weight excluding hydrogens is 210 g/mol. The molecule has 0 spiro atoms. The molecule has 0 aromatic heterocycles. The number of nitrogens with zero attached hydrogens (tertiary/aromatic N) is 2. The molecule has 3 amide bonds. The van der Waals surface area contributed by atoms with E-state index >= 15 is 0 Å². The van der Waals surface area contributed by atoms with Crippen molar-refractivity contribution >= 4 is 12.1 Å². The molecule has 1 aliphatic rings. The van der Waals surface area contributed by atoms with E-state index in [1.54, 1.807) is 4.90 Å². The van der Waals surface area contributed by atoms with E-state index in [-0.39, 0.29) is 6.09 Å². The predicted octanol–water partition coefficient (Wildman–Crippen LogP) is 0.942. The Labute approximate surface area is 95.3 Å². The summed E-state index contributed by atoms with van der Waals surface area (Å²) in [4.78, 5) is 25.4. The van der Waals surface area contributed by atoms with Gasteiger partial charge in [0.25, 0.3) is 0 Å². The summed E-state index contributed by atoms with van der Waals surface area (Å²) in [6.07, 6.45) is -0.357. The van der Waals surface area contributed by atoms with Gasteiger partial charge in [-0.2, -0.15) is 0 Å². The van der Waals surface area contributed by atoms with Gasteiger partial charge in [0.1, 0.15) is 5.60 Å². The van der Waals surface area contributed by atoms with Crippen LogP contribution in [0.15, 0.2) is 0 Å². The summed E-state index contributed by atoms with van der Waals surface area (Å²) in [5.41, 5.74) is 6.44. The Hall–Kier alpha value is -1.46. The molecule has 6 nitrogen and oxygen atoms in total. The number of amides is 3. The molecule has 1 aliphatic heterocycles. The lowest BCUT2D eigenvalue weighted by atomic mass is 10.2. The zero-order valence-electron chi connectivity index (χ0n) is 9.95. The number of urea groups is 1. The number of hydrogen-bond acceptors (Lipinski definition) is 3. The van der Waals surface area contributed by atoms with Crippen molar-refractivity contribution in [1.82, 2.24) is 15.5 Å². The van der Waals surface area contributed by atoms with Crippen molar-refractivity contribution in [2.75, 3.05) is 26.2 Å². The van der Waals surface area contributed by atoms with Gasteiger partial charge in [-0.3, -0.25) is 0 Å². The summed E-state index contributed by atoms with van der Waals surface area (Å²) in [7, 11) is 0. The van der Waals surface area contributed by atoms with Gasteiger partial charge in [0.2, 0.25) is 0 Å². The fourth-order valence-corrected chi connectivity index (χ4v) is 1.42. The molecule has 1 fully saturated rings. The van der Waals surface area contributed by atoms with Crippen molar-refractivity contribution in [2.24, 2.45) is 0 Å². The number of ether oxygens (including phenoxy) is 1. The second kappa shape index (κ2) is 4.59. The monoisotopic (exact) mass is 228 g/mol. The normalized spacial score (nSPS) is 17.2. The van der Waals surface area contributed by atoms with E-state index in [1.807, 2.05) is 20.8 Å². The molecule has 0 unspecified atom stereocenters. The molecule has 0 saturated carbocycles. The fraction of sp³-hybridized carbons (Fsp3) is 0.800. The topological polar surface area (TPSA) is 73.7 Å². The lowest BCUT2D eigenvalue weighted by molar-refractivity contribution is 0.0172. The van der Waals surface area contributed by atoms with Gasteiger partial charge in [-0.15, -0.1) is 0 Å². The van der Waals surface area contributed by atoms with Gasteiger partial charge in [-0.05, 0) is 20.8 Å². The lowest BCUT2D eigenvalue weighted by Crippen LogP contribution is -2.51. The Bertz CT molecular complexity index is 278. The number of rotatable bonds is 0. The van der Waals surface area contributed by atoms with Gasteiger partial charge >= 0.3 is 12.1 Å². The molecular formula is C10H18N3O3. The molecule has 1 rings (SSSR count). The smallest absolute Gasteiger partial charge is 0.410 e. The zero-order valence-corrected chi connectivity index (χ0v) is 9.95. The van der Waals surface area contributed by atoms with Crippen molar-refractivity contribution in [3.05, 3.63) is 0 Å². The van der Waals surface area contributed by atoms with Gasteiger partial charge in [0.05, 0.1) is 0 Å². The number of hydrogen-bond donors (Lipinski definition) is 0. The molecule has 91 valence electrons. The molecule has 16 heavy (non-hydrogen) atoms. The molecule has 0 aromatic rings. The lowest BCUT2D eigenvalue weighted by Gasteiger charge is -2.34. The van der Waals surface area contributed by atoms with Crippen LogP contribution in [-0.2, 0) is 4.74 Å². The van der Waals surface area contributed by atoms with Crippen LogP contribution >= 0.6 is 0 Å². The number of carbonyl (C=O) groups excluding carboxylic acids is 2. The standard InChI is InChI=1S/C10H18N3O3/c1-10(2,3)16-9(15)13-6-4-12(5-7-13)8(11)14/h11H,4-7H2,1-3H3. The van der Waals surface area contributed by atoms with E-state index < -0.39 is 11.6 Å². The SMILES string of the molecule is CC(C)(C)OC(=O)N1CCN(C([NH])=O)CC1. The molecule has 0 bridgehead atoms. The van der Waals surface area contributed by atoms with Crippen LogP contribution in [0.4, 0.5) is 9.59 Å². The van der Waals surface area contributed by atoms with Crippen molar-refractivity contribution in [3.63, 3.8) is 0 Å². The third-order valence-corrected chi connectivity index (χ3v) is 2.22. The molecule has 1 heterocycles. The van der Waals surface area contributed by atoms with Crippen LogP contribution in [-0.4, -0.2) is 53.7 Å². The molecule has 6 heteroatoms. The minimum absolute atomic E-state index is 0.357. The van der Waals surface area contributed by atoms with E-state index in [1.165, 1.54) is 4.90 Å². The Morgan fingerprint density at radius 1 is 1.06 bits per heavy atom. The highest BCUT2D eigenvalue weighted by molar-refractivity contribution is 5.72. The second-order valence-corrected chi connectivity index (χ2v) is 4.76. The van der Waals surface area contributed by atoms with Crippen LogP contribution < -0.4 is 5.73 Å². The maximum absolute atomic E-state index is 11.6. The minimum Gasteiger partial charge on any atom is -0.444 e. The fourth-order valence-electron chi connectivity index (χ4n) is 1.42. The Morgan fingerprint density at radius 3 is 1.88 bits per heavy atom. The first-order chi connectivity index (χ1) is 7.29. The number of carbonyl (C=O) groups is 2. The van der Waals surface area contributed by atoms with Gasteiger partial charge < -0.3 is 14.5 Å². The number of nitrogens with one attached hydrogen (secondary N) is 1. The van der Waals surface area contributed by atoms with Crippen molar-refractivity contribution in [1.29, 1.82) is 0 Å². The summed E-state index contributed by atoms with van der Waals surface area (Å²) in [5.74, 6) is 0. The summed E-state index contributed by atoms with van der Waals surface area (Å²) in [6.45, 7) is 7.11. The molecule has 1 saturated heterocycles. The van der Waals surface area contributed by atoms with Gasteiger partial charge in [0, 0.05) is 26.2 Å². The zero-order chi connectivity index (χ0) is 12.3. The van der Waals surface area contributed by atoms with Crippen molar-refractivity contribution in [3.8, 4) is 0 Å². The highest BCUT2D eigenvalue weighted by Gasteiger charge is 2.26.